The first-order chi connectivity index (χ1) is 12.8. The van der Waals surface area contributed by atoms with Crippen molar-refractivity contribution in [2.75, 3.05) is 26.2 Å². The van der Waals surface area contributed by atoms with E-state index in [1.165, 1.54) is 4.31 Å². The van der Waals surface area contributed by atoms with E-state index < -0.39 is 22.0 Å². The van der Waals surface area contributed by atoms with Crippen LogP contribution in [0.1, 0.15) is 40.5 Å². The van der Waals surface area contributed by atoms with Gasteiger partial charge in [-0.1, -0.05) is 0 Å². The summed E-state index contributed by atoms with van der Waals surface area (Å²) in [5.41, 5.74) is 0.979. The Morgan fingerprint density at radius 1 is 1.39 bits per heavy atom. The van der Waals surface area contributed by atoms with Crippen molar-refractivity contribution in [3.63, 3.8) is 0 Å². The number of esters is 1. The average molecular weight is 432 g/mol. The molecule has 1 aliphatic heterocycles. The highest BCUT2D eigenvalue weighted by Gasteiger charge is 2.39. The van der Waals surface area contributed by atoms with Crippen molar-refractivity contribution < 1.29 is 17.9 Å². The molecule has 3 heterocycles. The number of nitrogens with one attached hydrogen (secondary N) is 2. The topological polar surface area (TPSA) is 109 Å². The van der Waals surface area contributed by atoms with Crippen molar-refractivity contribution in [1.82, 2.24) is 24.2 Å². The molecule has 2 N–H and O–H groups in total. The summed E-state index contributed by atoms with van der Waals surface area (Å²) in [7, 11) is -2.00. The second-order valence-corrected chi connectivity index (χ2v) is 8.36. The van der Waals surface area contributed by atoms with Crippen LogP contribution in [-0.4, -0.2) is 59.5 Å². The SMILES string of the molecule is CCOC(=O)c1[nH]c(C)c(S(=O)(=O)N2CCNCC2c2nccn2C)c1C.Cl. The molecule has 3 rings (SSSR count). The third kappa shape index (κ3) is 3.82. The summed E-state index contributed by atoms with van der Waals surface area (Å²) in [5, 5.41) is 3.23. The minimum absolute atomic E-state index is 0. The number of aromatic nitrogens is 3. The summed E-state index contributed by atoms with van der Waals surface area (Å²) >= 11 is 0. The van der Waals surface area contributed by atoms with Crippen LogP contribution in [-0.2, 0) is 21.8 Å². The second-order valence-electron chi connectivity index (χ2n) is 6.53. The van der Waals surface area contributed by atoms with Crippen LogP contribution in [0.3, 0.4) is 0 Å². The third-order valence-electron chi connectivity index (χ3n) is 4.77. The summed E-state index contributed by atoms with van der Waals surface area (Å²) in [4.78, 5) is 19.5. The number of imidazole rings is 1. The predicted octanol–water partition coefficient (Wildman–Crippen LogP) is 1.30. The molecule has 0 saturated carbocycles. The Balaban J connectivity index is 0.00000280. The largest absolute Gasteiger partial charge is 0.461 e. The molecule has 11 heteroatoms. The number of aromatic amines is 1. The Morgan fingerprint density at radius 3 is 2.71 bits per heavy atom. The molecule has 1 saturated heterocycles. The van der Waals surface area contributed by atoms with E-state index in [1.54, 1.807) is 33.2 Å². The van der Waals surface area contributed by atoms with Crippen LogP contribution >= 0.6 is 12.4 Å². The van der Waals surface area contributed by atoms with Crippen LogP contribution in [0.5, 0.6) is 0 Å². The molecule has 1 unspecified atom stereocenters. The van der Waals surface area contributed by atoms with Crippen LogP contribution < -0.4 is 5.32 Å². The van der Waals surface area contributed by atoms with Gasteiger partial charge in [-0.15, -0.1) is 12.4 Å². The van der Waals surface area contributed by atoms with Gasteiger partial charge >= 0.3 is 5.97 Å². The van der Waals surface area contributed by atoms with Crippen LogP contribution in [0.2, 0.25) is 0 Å². The molecule has 28 heavy (non-hydrogen) atoms. The van der Waals surface area contributed by atoms with E-state index >= 15 is 0 Å². The van der Waals surface area contributed by atoms with Crippen molar-refractivity contribution in [1.29, 1.82) is 0 Å². The van der Waals surface area contributed by atoms with Crippen molar-refractivity contribution in [3.8, 4) is 0 Å². The molecule has 0 bridgehead atoms. The number of nitrogens with zero attached hydrogens (tertiary/aromatic N) is 3. The van der Waals surface area contributed by atoms with Crippen LogP contribution in [0.25, 0.3) is 0 Å². The molecular formula is C17H26ClN5O4S. The maximum Gasteiger partial charge on any atom is 0.355 e. The van der Waals surface area contributed by atoms with Gasteiger partial charge in [0.05, 0.1) is 12.6 Å². The first-order valence-corrected chi connectivity index (χ1v) is 10.3. The van der Waals surface area contributed by atoms with Crippen LogP contribution in [0.4, 0.5) is 0 Å². The van der Waals surface area contributed by atoms with E-state index in [2.05, 4.69) is 15.3 Å². The fourth-order valence-corrected chi connectivity index (χ4v) is 5.53. The molecular weight excluding hydrogens is 406 g/mol. The molecule has 0 amide bonds. The lowest BCUT2D eigenvalue weighted by molar-refractivity contribution is 0.0519. The van der Waals surface area contributed by atoms with E-state index in [-0.39, 0.29) is 29.6 Å². The van der Waals surface area contributed by atoms with Crippen LogP contribution in [0, 0.1) is 13.8 Å². The number of carbonyl (C=O) groups is 1. The number of H-pyrrole nitrogens is 1. The minimum atomic E-state index is -3.84. The van der Waals surface area contributed by atoms with Gasteiger partial charge in [0.15, 0.2) is 0 Å². The number of carbonyl (C=O) groups excluding carboxylic acids is 1. The average Bonchev–Trinajstić information content (AvgIpc) is 3.18. The molecule has 156 valence electrons. The molecule has 1 fully saturated rings. The van der Waals surface area contributed by atoms with Gasteiger partial charge in [0.1, 0.15) is 16.4 Å². The zero-order chi connectivity index (χ0) is 19.8. The van der Waals surface area contributed by atoms with Gasteiger partial charge in [0.2, 0.25) is 10.0 Å². The molecule has 0 spiro atoms. The summed E-state index contributed by atoms with van der Waals surface area (Å²) in [5.74, 6) is 0.114. The zero-order valence-corrected chi connectivity index (χ0v) is 18.0. The third-order valence-corrected chi connectivity index (χ3v) is 6.95. The van der Waals surface area contributed by atoms with E-state index in [0.717, 1.165) is 0 Å². The van der Waals surface area contributed by atoms with Gasteiger partial charge in [0.25, 0.3) is 0 Å². The molecule has 2 aromatic heterocycles. The normalized spacial score (nSPS) is 17.9. The number of hydrogen-bond acceptors (Lipinski definition) is 6. The fourth-order valence-electron chi connectivity index (χ4n) is 3.54. The Morgan fingerprint density at radius 2 is 2.11 bits per heavy atom. The van der Waals surface area contributed by atoms with Gasteiger partial charge in [-0.05, 0) is 20.8 Å². The van der Waals surface area contributed by atoms with E-state index in [4.69, 9.17) is 4.74 Å². The van der Waals surface area contributed by atoms with Crippen molar-refractivity contribution >= 4 is 28.4 Å². The fraction of sp³-hybridized carbons (Fsp3) is 0.529. The smallest absolute Gasteiger partial charge is 0.355 e. The highest BCUT2D eigenvalue weighted by Crippen LogP contribution is 2.32. The molecule has 0 aromatic carbocycles. The Labute approximate surface area is 170 Å². The standard InChI is InChI=1S/C17H25N5O4S.ClH/c1-5-26-17(23)14-11(2)15(12(3)20-14)27(24,25)22-9-6-18-10-13(22)16-19-7-8-21(16)4;/h7-8,13,18,20H,5-6,9-10H2,1-4H3;1H. The minimum Gasteiger partial charge on any atom is -0.461 e. The van der Waals surface area contributed by atoms with E-state index in [0.29, 0.717) is 36.7 Å². The summed E-state index contributed by atoms with van der Waals surface area (Å²) in [6.45, 7) is 6.54. The lowest BCUT2D eigenvalue weighted by atomic mass is 10.2. The zero-order valence-electron chi connectivity index (χ0n) is 16.4. The molecule has 0 radical (unpaired) electrons. The van der Waals surface area contributed by atoms with E-state index in [1.807, 2.05) is 11.6 Å². The second kappa shape index (κ2) is 8.64. The van der Waals surface area contributed by atoms with Gasteiger partial charge in [-0.3, -0.25) is 0 Å². The van der Waals surface area contributed by atoms with Crippen molar-refractivity contribution in [2.45, 2.75) is 31.7 Å². The van der Waals surface area contributed by atoms with Crippen molar-refractivity contribution in [3.05, 3.63) is 35.2 Å². The summed E-state index contributed by atoms with van der Waals surface area (Å²) in [6.07, 6.45) is 3.45. The maximum atomic E-state index is 13.5. The highest BCUT2D eigenvalue weighted by atomic mass is 35.5. The van der Waals surface area contributed by atoms with Gasteiger partial charge < -0.3 is 19.6 Å². The monoisotopic (exact) mass is 431 g/mol. The highest BCUT2D eigenvalue weighted by molar-refractivity contribution is 7.89. The predicted molar refractivity (Wildman–Crippen MR) is 106 cm³/mol. The lowest BCUT2D eigenvalue weighted by Crippen LogP contribution is -2.49. The van der Waals surface area contributed by atoms with Crippen molar-refractivity contribution in [2.24, 2.45) is 7.05 Å². The quantitative estimate of drug-likeness (QED) is 0.690. The molecule has 1 aliphatic rings. The number of piperazine rings is 1. The Bertz CT molecular complexity index is 953. The first kappa shape index (κ1) is 22.4. The van der Waals surface area contributed by atoms with E-state index in [9.17, 15) is 13.2 Å². The van der Waals surface area contributed by atoms with Gasteiger partial charge in [0, 0.05) is 50.3 Å². The first-order valence-electron chi connectivity index (χ1n) is 8.85. The number of rotatable bonds is 5. The van der Waals surface area contributed by atoms with Crippen LogP contribution in [0.15, 0.2) is 17.3 Å². The summed E-state index contributed by atoms with van der Waals surface area (Å²) in [6, 6.07) is -0.427. The number of halogens is 1. The Kier molecular flexibility index (Phi) is 6.92. The Hall–Kier alpha value is -1.88. The summed E-state index contributed by atoms with van der Waals surface area (Å²) < 4.78 is 35.4. The molecule has 9 nitrogen and oxygen atoms in total. The number of hydrogen-bond donors (Lipinski definition) is 2. The lowest BCUT2D eigenvalue weighted by Gasteiger charge is -2.34. The number of aryl methyl sites for hydroxylation is 2. The molecule has 0 aliphatic carbocycles. The molecule has 1 atom stereocenters. The maximum absolute atomic E-state index is 13.5. The number of sulfonamides is 1. The van der Waals surface area contributed by atoms with Gasteiger partial charge in [-0.2, -0.15) is 4.31 Å². The number of ether oxygens (including phenoxy) is 1. The van der Waals surface area contributed by atoms with Gasteiger partial charge in [-0.25, -0.2) is 18.2 Å². The molecule has 2 aromatic rings.